The molecule has 0 saturated heterocycles. The van der Waals surface area contributed by atoms with Gasteiger partial charge < -0.3 is 4.57 Å². The lowest BCUT2D eigenvalue weighted by atomic mass is 10.0. The molecule has 1 aromatic heterocycles. The van der Waals surface area contributed by atoms with Crippen LogP contribution in [0, 0.1) is 0 Å². The molecule has 1 nitrogen and oxygen atoms in total. The van der Waals surface area contributed by atoms with Crippen LogP contribution in [-0.2, 0) is 0 Å². The third kappa shape index (κ3) is 2.02. The van der Waals surface area contributed by atoms with Crippen LogP contribution in [-0.4, -0.2) is 4.57 Å². The third-order valence-corrected chi connectivity index (χ3v) is 6.89. The van der Waals surface area contributed by atoms with E-state index in [1.165, 1.54) is 60.5 Å². The quantitative estimate of drug-likeness (QED) is 0.239. The summed E-state index contributed by atoms with van der Waals surface area (Å²) in [6.45, 7) is 0. The van der Waals surface area contributed by atoms with Crippen LogP contribution < -0.4 is 0 Å². The molecule has 0 unspecified atom stereocenters. The summed E-state index contributed by atoms with van der Waals surface area (Å²) in [5, 5.41) is 5.21. The molecule has 30 heavy (non-hydrogen) atoms. The zero-order valence-electron chi connectivity index (χ0n) is 16.1. The predicted molar refractivity (Wildman–Crippen MR) is 130 cm³/mol. The van der Waals surface area contributed by atoms with E-state index >= 15 is 0 Å². The number of para-hydroxylation sites is 1. The molecule has 140 valence electrons. The summed E-state index contributed by atoms with van der Waals surface area (Å²) in [5.41, 5.74) is 9.05. The summed E-state index contributed by atoms with van der Waals surface area (Å²) in [6.07, 6.45) is 0. The van der Waals surface area contributed by atoms with Gasteiger partial charge in [-0.3, -0.25) is 0 Å². The number of halogens is 1. The molecule has 0 N–H and O–H groups in total. The third-order valence-electron chi connectivity index (χ3n) is 6.40. The lowest BCUT2D eigenvalue weighted by Gasteiger charge is -2.13. The molecule has 0 fully saturated rings. The van der Waals surface area contributed by atoms with Crippen molar-refractivity contribution in [1.29, 1.82) is 0 Å². The Morgan fingerprint density at radius 2 is 1.17 bits per heavy atom. The molecule has 0 saturated carbocycles. The number of hydrogen-bond donors (Lipinski definition) is 0. The van der Waals surface area contributed by atoms with E-state index in [-0.39, 0.29) is 0 Å². The van der Waals surface area contributed by atoms with Gasteiger partial charge in [-0.1, -0.05) is 82.7 Å². The molecule has 7 rings (SSSR count). The highest BCUT2D eigenvalue weighted by Gasteiger charge is 2.23. The molecule has 0 atom stereocenters. The van der Waals surface area contributed by atoms with Crippen molar-refractivity contribution in [3.63, 3.8) is 0 Å². The summed E-state index contributed by atoms with van der Waals surface area (Å²) in [5.74, 6) is 0. The van der Waals surface area contributed by atoms with Crippen molar-refractivity contribution in [1.82, 2.24) is 4.57 Å². The van der Waals surface area contributed by atoms with Gasteiger partial charge in [0.25, 0.3) is 0 Å². The Morgan fingerprint density at radius 3 is 2.03 bits per heavy atom. The molecule has 1 aliphatic rings. The van der Waals surface area contributed by atoms with E-state index in [0.29, 0.717) is 0 Å². The molecule has 1 aliphatic carbocycles. The molecule has 2 heteroatoms. The van der Waals surface area contributed by atoms with Gasteiger partial charge in [-0.15, -0.1) is 0 Å². The number of fused-ring (bicyclic) bond motifs is 6. The SMILES string of the molecule is Brc1ccc2c(c1)c1ccccc1n2-c1ccc2c3c(cccc13)-c1ccccc1-2. The van der Waals surface area contributed by atoms with Gasteiger partial charge in [-0.05, 0) is 58.0 Å². The standard InChI is InChI=1S/C28H16BrN/c29-17-12-14-27-24(16-17)20-8-3-4-11-25(20)30(27)26-15-13-22-19-7-2-1-6-18(19)21-9-5-10-23(26)28(21)22/h1-16H. The Kier molecular flexibility index (Phi) is 3.20. The fraction of sp³-hybridized carbons (Fsp3) is 0. The monoisotopic (exact) mass is 445 g/mol. The minimum absolute atomic E-state index is 1.11. The molecule has 0 amide bonds. The zero-order chi connectivity index (χ0) is 19.8. The lowest BCUT2D eigenvalue weighted by molar-refractivity contribution is 1.20. The first-order valence-corrected chi connectivity index (χ1v) is 11.0. The number of nitrogens with zero attached hydrogens (tertiary/aromatic N) is 1. The average molecular weight is 446 g/mol. The molecule has 0 spiro atoms. The van der Waals surface area contributed by atoms with E-state index < -0.39 is 0 Å². The van der Waals surface area contributed by atoms with Gasteiger partial charge in [0.1, 0.15) is 0 Å². The van der Waals surface area contributed by atoms with E-state index in [1.54, 1.807) is 0 Å². The molecule has 0 bridgehead atoms. The Balaban J connectivity index is 1.66. The van der Waals surface area contributed by atoms with Gasteiger partial charge in [0.2, 0.25) is 0 Å². The topological polar surface area (TPSA) is 4.93 Å². The normalized spacial score (nSPS) is 12.2. The number of hydrogen-bond acceptors (Lipinski definition) is 0. The summed E-state index contributed by atoms with van der Waals surface area (Å²) >= 11 is 3.66. The maximum absolute atomic E-state index is 3.66. The van der Waals surface area contributed by atoms with E-state index in [9.17, 15) is 0 Å². The van der Waals surface area contributed by atoms with Crippen LogP contribution in [0.1, 0.15) is 0 Å². The van der Waals surface area contributed by atoms with Crippen LogP contribution in [0.25, 0.3) is 60.5 Å². The molecule has 1 heterocycles. The highest BCUT2D eigenvalue weighted by atomic mass is 79.9. The molecule has 0 radical (unpaired) electrons. The van der Waals surface area contributed by atoms with Gasteiger partial charge >= 0.3 is 0 Å². The summed E-state index contributed by atoms with van der Waals surface area (Å²) < 4.78 is 3.52. The van der Waals surface area contributed by atoms with E-state index in [1.807, 2.05) is 0 Å². The van der Waals surface area contributed by atoms with Crippen molar-refractivity contribution >= 4 is 48.5 Å². The van der Waals surface area contributed by atoms with Gasteiger partial charge in [0.05, 0.1) is 16.7 Å². The van der Waals surface area contributed by atoms with Crippen molar-refractivity contribution in [2.45, 2.75) is 0 Å². The van der Waals surface area contributed by atoms with Crippen LogP contribution in [0.2, 0.25) is 0 Å². The fourth-order valence-electron chi connectivity index (χ4n) is 5.19. The summed E-state index contributed by atoms with van der Waals surface area (Å²) in [4.78, 5) is 0. The zero-order valence-corrected chi connectivity index (χ0v) is 17.6. The lowest BCUT2D eigenvalue weighted by Crippen LogP contribution is -1.95. The van der Waals surface area contributed by atoms with Crippen LogP contribution in [0.3, 0.4) is 0 Å². The molecule has 6 aromatic rings. The van der Waals surface area contributed by atoms with Crippen molar-refractivity contribution in [3.05, 3.63) is 102 Å². The average Bonchev–Trinajstić information content (AvgIpc) is 3.29. The second-order valence-corrected chi connectivity index (χ2v) is 8.84. The highest BCUT2D eigenvalue weighted by molar-refractivity contribution is 9.10. The number of aromatic nitrogens is 1. The maximum Gasteiger partial charge on any atom is 0.0542 e. The number of rotatable bonds is 1. The van der Waals surface area contributed by atoms with Crippen molar-refractivity contribution in [2.24, 2.45) is 0 Å². The first-order valence-electron chi connectivity index (χ1n) is 10.2. The van der Waals surface area contributed by atoms with Crippen molar-refractivity contribution < 1.29 is 0 Å². The molecule has 5 aromatic carbocycles. The van der Waals surface area contributed by atoms with E-state index in [0.717, 1.165) is 4.47 Å². The second kappa shape index (κ2) is 5.84. The Hall–Kier alpha value is -3.36. The fourth-order valence-corrected chi connectivity index (χ4v) is 5.55. The first-order chi connectivity index (χ1) is 14.8. The number of benzene rings is 5. The van der Waals surface area contributed by atoms with Crippen molar-refractivity contribution in [2.75, 3.05) is 0 Å². The summed E-state index contributed by atoms with van der Waals surface area (Å²) in [7, 11) is 0. The van der Waals surface area contributed by atoms with E-state index in [4.69, 9.17) is 0 Å². The first kappa shape index (κ1) is 16.4. The smallest absolute Gasteiger partial charge is 0.0542 e. The Morgan fingerprint density at radius 1 is 0.500 bits per heavy atom. The Bertz CT molecular complexity index is 1630. The Labute approximate surface area is 182 Å². The van der Waals surface area contributed by atoms with Crippen LogP contribution >= 0.6 is 15.9 Å². The highest BCUT2D eigenvalue weighted by Crippen LogP contribution is 2.49. The molecular formula is C28H16BrN. The van der Waals surface area contributed by atoms with Crippen LogP contribution in [0.5, 0.6) is 0 Å². The van der Waals surface area contributed by atoms with Gasteiger partial charge in [0, 0.05) is 20.6 Å². The van der Waals surface area contributed by atoms with E-state index in [2.05, 4.69) is 118 Å². The minimum Gasteiger partial charge on any atom is -0.309 e. The second-order valence-electron chi connectivity index (χ2n) is 7.92. The summed E-state index contributed by atoms with van der Waals surface area (Å²) in [6, 6.07) is 35.3. The van der Waals surface area contributed by atoms with Crippen molar-refractivity contribution in [3.8, 4) is 27.9 Å². The predicted octanol–water partition coefficient (Wildman–Crippen LogP) is 8.35. The van der Waals surface area contributed by atoms with Crippen LogP contribution in [0.4, 0.5) is 0 Å². The van der Waals surface area contributed by atoms with Gasteiger partial charge in [0.15, 0.2) is 0 Å². The van der Waals surface area contributed by atoms with Gasteiger partial charge in [-0.2, -0.15) is 0 Å². The molecular weight excluding hydrogens is 430 g/mol. The van der Waals surface area contributed by atoms with Crippen LogP contribution in [0.15, 0.2) is 102 Å². The maximum atomic E-state index is 3.66. The van der Waals surface area contributed by atoms with Gasteiger partial charge in [-0.25, -0.2) is 0 Å². The minimum atomic E-state index is 1.11. The molecule has 0 aliphatic heterocycles. The largest absolute Gasteiger partial charge is 0.309 e.